The zero-order chi connectivity index (χ0) is 45.0. The second-order valence-electron chi connectivity index (χ2n) is 17.6. The van der Waals surface area contributed by atoms with Gasteiger partial charge in [-0.3, -0.25) is 0 Å². The van der Waals surface area contributed by atoms with Crippen LogP contribution in [0.4, 0.5) is 34.1 Å². The van der Waals surface area contributed by atoms with Crippen LogP contribution in [-0.4, -0.2) is 0 Å². The van der Waals surface area contributed by atoms with Crippen LogP contribution in [0.25, 0.3) is 44.2 Å². The quantitative estimate of drug-likeness (QED) is 0.144. The first kappa shape index (κ1) is 39.4. The number of fused-ring (bicyclic) bond motifs is 5. The number of para-hydroxylation sites is 2. The Kier molecular flexibility index (Phi) is 9.40. The van der Waals surface area contributed by atoms with Gasteiger partial charge in [-0.05, 0) is 122 Å². The van der Waals surface area contributed by atoms with Gasteiger partial charge < -0.3 is 14.5 Å². The van der Waals surface area contributed by atoms with Gasteiger partial charge in [-0.25, -0.2) is 0 Å². The second-order valence-corrected chi connectivity index (χ2v) is 17.6. The maximum atomic E-state index is 7.39. The molecular formula is C65H44N2O. The van der Waals surface area contributed by atoms with Gasteiger partial charge in [-0.2, -0.15) is 0 Å². The van der Waals surface area contributed by atoms with Gasteiger partial charge >= 0.3 is 0 Å². The van der Waals surface area contributed by atoms with Crippen LogP contribution < -0.4 is 14.5 Å². The predicted octanol–water partition coefficient (Wildman–Crippen LogP) is 17.6. The van der Waals surface area contributed by atoms with E-state index in [-0.39, 0.29) is 0 Å². The standard InChI is InChI=1S/C65H44N2O/c1-6-19-45(20-7-1)46-33-36-52(37-34-46)67(53-39-41-60-58(43-53)55-30-16-17-32-59(55)65(60,48-22-8-2-9-23-48)49-24-10-3-11-25-49)61-42-35-47-21-18-31-57-56-40-38-54(44-62(56)68-64(61)63(47)57)66(50-26-12-4-13-27-50)51-28-14-5-15-29-51/h1-44H. The zero-order valence-electron chi connectivity index (χ0n) is 37.2. The zero-order valence-corrected chi connectivity index (χ0v) is 37.2. The summed E-state index contributed by atoms with van der Waals surface area (Å²) in [7, 11) is 0. The molecule has 0 saturated heterocycles. The Morgan fingerprint density at radius 1 is 0.309 bits per heavy atom. The molecule has 3 heteroatoms. The van der Waals surface area contributed by atoms with E-state index in [0.29, 0.717) is 0 Å². The van der Waals surface area contributed by atoms with Crippen molar-refractivity contribution in [2.24, 2.45) is 0 Å². The molecule has 0 unspecified atom stereocenters. The Balaban J connectivity index is 1.02. The average molecular weight is 869 g/mol. The lowest BCUT2D eigenvalue weighted by molar-refractivity contribution is 0.488. The van der Waals surface area contributed by atoms with Crippen molar-refractivity contribution in [3.05, 3.63) is 289 Å². The van der Waals surface area contributed by atoms with Crippen molar-refractivity contribution >= 4 is 44.9 Å². The van der Waals surface area contributed by atoms with Gasteiger partial charge in [-0.15, -0.1) is 0 Å². The summed E-state index contributed by atoms with van der Waals surface area (Å²) in [6.45, 7) is 0. The number of benzene rings is 11. The highest BCUT2D eigenvalue weighted by Gasteiger charge is 2.46. The highest BCUT2D eigenvalue weighted by Crippen LogP contribution is 2.59. The van der Waals surface area contributed by atoms with E-state index in [1.54, 1.807) is 0 Å². The van der Waals surface area contributed by atoms with Gasteiger partial charge in [0.15, 0.2) is 5.75 Å². The third kappa shape index (κ3) is 6.28. The number of hydrogen-bond acceptors (Lipinski definition) is 3. The molecule has 0 aromatic heterocycles. The first-order valence-corrected chi connectivity index (χ1v) is 23.3. The summed E-state index contributed by atoms with van der Waals surface area (Å²) in [5, 5.41) is 2.22. The van der Waals surface area contributed by atoms with Crippen LogP contribution in [-0.2, 0) is 5.41 Å². The van der Waals surface area contributed by atoms with Crippen LogP contribution in [0.1, 0.15) is 22.3 Å². The average Bonchev–Trinajstić information content (AvgIpc) is 3.71. The minimum Gasteiger partial charge on any atom is -0.454 e. The Morgan fingerprint density at radius 2 is 0.824 bits per heavy atom. The first-order valence-electron chi connectivity index (χ1n) is 23.3. The summed E-state index contributed by atoms with van der Waals surface area (Å²) < 4.78 is 7.39. The maximum absolute atomic E-state index is 7.39. The molecule has 1 aliphatic heterocycles. The molecule has 320 valence electrons. The fourth-order valence-electron chi connectivity index (χ4n) is 10.9. The monoisotopic (exact) mass is 868 g/mol. The van der Waals surface area contributed by atoms with Crippen molar-refractivity contribution in [1.82, 2.24) is 0 Å². The number of rotatable bonds is 9. The minimum atomic E-state index is -0.503. The van der Waals surface area contributed by atoms with Crippen molar-refractivity contribution in [2.45, 2.75) is 5.41 Å². The van der Waals surface area contributed by atoms with E-state index in [1.807, 2.05) is 0 Å². The van der Waals surface area contributed by atoms with Crippen molar-refractivity contribution in [1.29, 1.82) is 0 Å². The van der Waals surface area contributed by atoms with Gasteiger partial charge in [0.1, 0.15) is 5.75 Å². The number of nitrogens with zero attached hydrogens (tertiary/aromatic N) is 2. The topological polar surface area (TPSA) is 15.7 Å². The molecular weight excluding hydrogens is 825 g/mol. The molecule has 1 heterocycles. The molecule has 68 heavy (non-hydrogen) atoms. The van der Waals surface area contributed by atoms with E-state index in [2.05, 4.69) is 277 Å². The molecule has 0 spiro atoms. The molecule has 0 amide bonds. The third-order valence-corrected chi connectivity index (χ3v) is 13.9. The molecule has 11 aromatic rings. The third-order valence-electron chi connectivity index (χ3n) is 13.9. The highest BCUT2D eigenvalue weighted by atomic mass is 16.5. The van der Waals surface area contributed by atoms with E-state index in [1.165, 1.54) is 38.9 Å². The minimum absolute atomic E-state index is 0.503. The number of hydrogen-bond donors (Lipinski definition) is 0. The summed E-state index contributed by atoms with van der Waals surface area (Å²) >= 11 is 0. The summed E-state index contributed by atoms with van der Waals surface area (Å²) in [5.74, 6) is 1.63. The van der Waals surface area contributed by atoms with Crippen LogP contribution in [0.2, 0.25) is 0 Å². The largest absolute Gasteiger partial charge is 0.454 e. The molecule has 0 atom stereocenters. The SMILES string of the molecule is c1ccc(-c2ccc(N(c3ccc4c(c3)-c3ccccc3C4(c3ccccc3)c3ccccc3)c3ccc4cccc5c4c3Oc3cc(N(c4ccccc4)c4ccccc4)ccc3-5)cc2)cc1. The molecule has 11 aromatic carbocycles. The van der Waals surface area contributed by atoms with E-state index < -0.39 is 5.41 Å². The lowest BCUT2D eigenvalue weighted by atomic mass is 9.68. The molecule has 0 saturated carbocycles. The van der Waals surface area contributed by atoms with E-state index >= 15 is 0 Å². The fourth-order valence-corrected chi connectivity index (χ4v) is 10.9. The normalized spacial score (nSPS) is 12.6. The number of anilines is 6. The molecule has 0 radical (unpaired) electrons. The molecule has 13 rings (SSSR count). The molecule has 0 N–H and O–H groups in total. The maximum Gasteiger partial charge on any atom is 0.159 e. The lowest BCUT2D eigenvalue weighted by Crippen LogP contribution is -2.28. The van der Waals surface area contributed by atoms with Gasteiger partial charge in [0.25, 0.3) is 0 Å². The van der Waals surface area contributed by atoms with Crippen LogP contribution in [0.3, 0.4) is 0 Å². The lowest BCUT2D eigenvalue weighted by Gasteiger charge is -2.34. The predicted molar refractivity (Wildman–Crippen MR) is 282 cm³/mol. The smallest absolute Gasteiger partial charge is 0.159 e. The molecule has 0 bridgehead atoms. The van der Waals surface area contributed by atoms with Crippen LogP contribution in [0, 0.1) is 0 Å². The summed E-state index contributed by atoms with van der Waals surface area (Å²) in [6.07, 6.45) is 0. The second kappa shape index (κ2) is 16.2. The molecule has 1 aliphatic carbocycles. The first-order chi connectivity index (χ1) is 33.7. The van der Waals surface area contributed by atoms with Crippen LogP contribution >= 0.6 is 0 Å². The van der Waals surface area contributed by atoms with Crippen molar-refractivity contribution in [2.75, 3.05) is 9.80 Å². The van der Waals surface area contributed by atoms with E-state index in [0.717, 1.165) is 73.1 Å². The van der Waals surface area contributed by atoms with E-state index in [4.69, 9.17) is 4.74 Å². The Labute approximate surface area is 397 Å². The Morgan fingerprint density at radius 3 is 1.50 bits per heavy atom. The molecule has 0 fully saturated rings. The molecule has 2 aliphatic rings. The fraction of sp³-hybridized carbons (Fsp3) is 0.0154. The summed E-state index contributed by atoms with van der Waals surface area (Å²) in [4.78, 5) is 4.68. The van der Waals surface area contributed by atoms with Crippen LogP contribution in [0.5, 0.6) is 11.5 Å². The van der Waals surface area contributed by atoms with Gasteiger partial charge in [0.2, 0.25) is 0 Å². The van der Waals surface area contributed by atoms with Gasteiger partial charge in [0.05, 0.1) is 11.1 Å². The Hall–Kier alpha value is -8.92. The summed E-state index contributed by atoms with van der Waals surface area (Å²) in [5.41, 5.74) is 17.7. The van der Waals surface area contributed by atoms with Gasteiger partial charge in [0, 0.05) is 45.5 Å². The summed E-state index contributed by atoms with van der Waals surface area (Å²) in [6, 6.07) is 96.4. The van der Waals surface area contributed by atoms with Gasteiger partial charge in [-0.1, -0.05) is 194 Å². The number of ether oxygens (including phenoxy) is 1. The molecule has 3 nitrogen and oxygen atoms in total. The van der Waals surface area contributed by atoms with Crippen molar-refractivity contribution in [3.8, 4) is 44.9 Å². The Bertz CT molecular complexity index is 3550. The van der Waals surface area contributed by atoms with Crippen molar-refractivity contribution in [3.63, 3.8) is 0 Å². The van der Waals surface area contributed by atoms with Crippen LogP contribution in [0.15, 0.2) is 267 Å². The van der Waals surface area contributed by atoms with E-state index in [9.17, 15) is 0 Å². The highest BCUT2D eigenvalue weighted by molar-refractivity contribution is 6.08. The van der Waals surface area contributed by atoms with Crippen molar-refractivity contribution < 1.29 is 4.74 Å².